The number of hydrogen-bond acceptors (Lipinski definition) is 8. The van der Waals surface area contributed by atoms with Gasteiger partial charge in [-0.15, -0.1) is 0 Å². The summed E-state index contributed by atoms with van der Waals surface area (Å²) in [6, 6.07) is 11.1. The van der Waals surface area contributed by atoms with Crippen molar-refractivity contribution in [2.24, 2.45) is 5.92 Å². The second-order valence-electron chi connectivity index (χ2n) is 9.99. The maximum absolute atomic E-state index is 13.8. The molecule has 6 rings (SSSR count). The molecule has 0 unspecified atom stereocenters. The van der Waals surface area contributed by atoms with Crippen LogP contribution < -0.4 is 15.1 Å². The zero-order valence-corrected chi connectivity index (χ0v) is 20.0. The molecule has 9 heteroatoms. The number of anilines is 1. The van der Waals surface area contributed by atoms with E-state index in [0.717, 1.165) is 75.6 Å². The molecule has 0 amide bonds. The Hall–Kier alpha value is -2.75. The lowest BCUT2D eigenvalue weighted by Gasteiger charge is -2.46. The number of ether oxygens (including phenoxy) is 1. The SMILES string of the molecule is Fc1ccc2onc(N3CCN4C[C@H](COc5cccc(CNN6CCCC6)n5)CC[C@@H]4C3)c2c1. The Morgan fingerprint density at radius 2 is 1.97 bits per heavy atom. The van der Waals surface area contributed by atoms with Crippen molar-refractivity contribution >= 4 is 16.8 Å². The molecule has 2 aromatic heterocycles. The fourth-order valence-corrected chi connectivity index (χ4v) is 5.62. The summed E-state index contributed by atoms with van der Waals surface area (Å²) in [7, 11) is 0. The third kappa shape index (κ3) is 5.12. The first-order chi connectivity index (χ1) is 17.2. The van der Waals surface area contributed by atoms with E-state index in [2.05, 4.69) is 25.4 Å². The second-order valence-corrected chi connectivity index (χ2v) is 9.99. The monoisotopic (exact) mass is 480 g/mol. The minimum atomic E-state index is -0.260. The van der Waals surface area contributed by atoms with Crippen LogP contribution >= 0.6 is 0 Å². The first-order valence-electron chi connectivity index (χ1n) is 12.8. The molecular weight excluding hydrogens is 447 g/mol. The van der Waals surface area contributed by atoms with Gasteiger partial charge in [0, 0.05) is 57.3 Å². The summed E-state index contributed by atoms with van der Waals surface area (Å²) in [6.07, 6.45) is 4.76. The molecule has 3 saturated heterocycles. The van der Waals surface area contributed by atoms with Crippen molar-refractivity contribution in [2.45, 2.75) is 38.3 Å². The highest BCUT2D eigenvalue weighted by atomic mass is 19.1. The van der Waals surface area contributed by atoms with E-state index in [1.165, 1.54) is 25.0 Å². The minimum absolute atomic E-state index is 0.260. The van der Waals surface area contributed by atoms with Crippen LogP contribution in [-0.2, 0) is 6.54 Å². The number of piperidine rings is 1. The van der Waals surface area contributed by atoms with Gasteiger partial charge in [-0.25, -0.2) is 19.8 Å². The summed E-state index contributed by atoms with van der Waals surface area (Å²) < 4.78 is 25.3. The third-order valence-corrected chi connectivity index (χ3v) is 7.56. The Kier molecular flexibility index (Phi) is 6.54. The molecule has 0 spiro atoms. The summed E-state index contributed by atoms with van der Waals surface area (Å²) in [4.78, 5) is 9.51. The van der Waals surface area contributed by atoms with Crippen molar-refractivity contribution in [3.63, 3.8) is 0 Å². The van der Waals surface area contributed by atoms with Gasteiger partial charge in [-0.3, -0.25) is 4.90 Å². The maximum Gasteiger partial charge on any atom is 0.213 e. The number of nitrogens with zero attached hydrogens (tertiary/aromatic N) is 5. The molecule has 3 fully saturated rings. The standard InChI is InChI=1S/C26H33FN6O2/c27-20-7-9-24-23(14-20)26(30-35-24)32-13-12-31-16-19(6-8-22(31)17-32)18-34-25-5-3-4-21(29-25)15-28-33-10-1-2-11-33/h3-5,7,9,14,19,22,28H,1-2,6,8,10-13,15-18H2/t19-,22-/m1/s1. The highest BCUT2D eigenvalue weighted by Gasteiger charge is 2.34. The largest absolute Gasteiger partial charge is 0.477 e. The van der Waals surface area contributed by atoms with Crippen molar-refractivity contribution in [3.8, 4) is 5.88 Å². The lowest BCUT2D eigenvalue weighted by molar-refractivity contribution is 0.0716. The number of piperazine rings is 1. The van der Waals surface area contributed by atoms with Gasteiger partial charge in [-0.1, -0.05) is 11.2 Å². The van der Waals surface area contributed by atoms with Crippen LogP contribution in [0.25, 0.3) is 11.0 Å². The Labute approximate surface area is 205 Å². The van der Waals surface area contributed by atoms with Gasteiger partial charge in [0.15, 0.2) is 11.4 Å². The molecule has 2 atom stereocenters. The molecule has 8 nitrogen and oxygen atoms in total. The van der Waals surface area contributed by atoms with E-state index in [1.807, 2.05) is 18.2 Å². The van der Waals surface area contributed by atoms with Gasteiger partial charge in [0.05, 0.1) is 24.2 Å². The summed E-state index contributed by atoms with van der Waals surface area (Å²) in [5, 5.41) is 7.28. The normalized spacial score (nSPS) is 23.6. The Bertz CT molecular complexity index is 1150. The van der Waals surface area contributed by atoms with Gasteiger partial charge in [0.1, 0.15) is 5.82 Å². The number of hydrazine groups is 1. The van der Waals surface area contributed by atoms with Gasteiger partial charge in [0.2, 0.25) is 5.88 Å². The van der Waals surface area contributed by atoms with Crippen molar-refractivity contribution < 1.29 is 13.7 Å². The average Bonchev–Trinajstić information content (AvgIpc) is 3.56. The van der Waals surface area contributed by atoms with Crippen molar-refractivity contribution in [2.75, 3.05) is 50.8 Å². The molecule has 5 heterocycles. The Morgan fingerprint density at radius 1 is 1.06 bits per heavy atom. The van der Waals surface area contributed by atoms with Gasteiger partial charge in [0.25, 0.3) is 0 Å². The molecule has 0 saturated carbocycles. The van der Waals surface area contributed by atoms with E-state index in [1.54, 1.807) is 6.07 Å². The van der Waals surface area contributed by atoms with Crippen LogP contribution in [-0.4, -0.2) is 72.0 Å². The van der Waals surface area contributed by atoms with Crippen molar-refractivity contribution in [1.29, 1.82) is 0 Å². The molecular formula is C26H33FN6O2. The van der Waals surface area contributed by atoms with E-state index < -0.39 is 0 Å². The fourth-order valence-electron chi connectivity index (χ4n) is 5.62. The summed E-state index contributed by atoms with van der Waals surface area (Å²) in [5.41, 5.74) is 5.11. The zero-order valence-electron chi connectivity index (χ0n) is 20.0. The lowest BCUT2D eigenvalue weighted by atomic mass is 9.91. The Balaban J connectivity index is 1.00. The van der Waals surface area contributed by atoms with Gasteiger partial charge in [-0.05, 0) is 49.9 Å². The molecule has 3 aliphatic rings. The van der Waals surface area contributed by atoms with Crippen LogP contribution in [0.3, 0.4) is 0 Å². The maximum atomic E-state index is 13.8. The molecule has 0 radical (unpaired) electrons. The van der Waals surface area contributed by atoms with E-state index in [4.69, 9.17) is 14.2 Å². The molecule has 1 aromatic carbocycles. The first kappa shape index (κ1) is 22.7. The number of halogens is 1. The van der Waals surface area contributed by atoms with Crippen LogP contribution in [0.2, 0.25) is 0 Å². The number of fused-ring (bicyclic) bond motifs is 2. The molecule has 0 aliphatic carbocycles. The number of hydrogen-bond donors (Lipinski definition) is 1. The third-order valence-electron chi connectivity index (χ3n) is 7.56. The number of pyridine rings is 1. The highest BCUT2D eigenvalue weighted by molar-refractivity contribution is 5.88. The molecule has 0 bridgehead atoms. The smallest absolute Gasteiger partial charge is 0.213 e. The number of nitrogens with one attached hydrogen (secondary N) is 1. The summed E-state index contributed by atoms with van der Waals surface area (Å²) in [6.45, 7) is 7.39. The Morgan fingerprint density at radius 3 is 2.89 bits per heavy atom. The van der Waals surface area contributed by atoms with Crippen LogP contribution in [0, 0.1) is 11.7 Å². The highest BCUT2D eigenvalue weighted by Crippen LogP contribution is 2.31. The molecule has 186 valence electrons. The predicted molar refractivity (Wildman–Crippen MR) is 132 cm³/mol. The number of aromatic nitrogens is 2. The van der Waals surface area contributed by atoms with E-state index >= 15 is 0 Å². The molecule has 3 aliphatic heterocycles. The molecule has 35 heavy (non-hydrogen) atoms. The molecule has 1 N–H and O–H groups in total. The van der Waals surface area contributed by atoms with Crippen LogP contribution in [0.5, 0.6) is 5.88 Å². The summed E-state index contributed by atoms with van der Waals surface area (Å²) in [5.74, 6) is 1.70. The molecule has 3 aromatic rings. The average molecular weight is 481 g/mol. The number of benzene rings is 1. The van der Waals surface area contributed by atoms with Gasteiger partial charge >= 0.3 is 0 Å². The quantitative estimate of drug-likeness (QED) is 0.552. The van der Waals surface area contributed by atoms with E-state index in [0.29, 0.717) is 30.0 Å². The van der Waals surface area contributed by atoms with Crippen LogP contribution in [0.1, 0.15) is 31.4 Å². The first-order valence-corrected chi connectivity index (χ1v) is 12.8. The van der Waals surface area contributed by atoms with Crippen molar-refractivity contribution in [3.05, 3.63) is 47.9 Å². The van der Waals surface area contributed by atoms with Gasteiger partial charge < -0.3 is 14.2 Å². The van der Waals surface area contributed by atoms with E-state index in [-0.39, 0.29) is 5.82 Å². The van der Waals surface area contributed by atoms with Gasteiger partial charge in [-0.2, -0.15) is 0 Å². The topological polar surface area (TPSA) is 69.9 Å². The van der Waals surface area contributed by atoms with Crippen molar-refractivity contribution in [1.82, 2.24) is 25.5 Å². The number of rotatable bonds is 7. The second kappa shape index (κ2) is 10.1. The zero-order chi connectivity index (χ0) is 23.6. The summed E-state index contributed by atoms with van der Waals surface area (Å²) >= 11 is 0. The fraction of sp³-hybridized carbons (Fsp3) is 0.538. The predicted octanol–water partition coefficient (Wildman–Crippen LogP) is 3.44. The lowest BCUT2D eigenvalue weighted by Crippen LogP contribution is -2.57. The van der Waals surface area contributed by atoms with Crippen LogP contribution in [0.15, 0.2) is 40.9 Å². The minimum Gasteiger partial charge on any atom is -0.477 e. The van der Waals surface area contributed by atoms with Crippen LogP contribution in [0.4, 0.5) is 10.2 Å². The van der Waals surface area contributed by atoms with E-state index in [9.17, 15) is 4.39 Å².